The minimum atomic E-state index is 0.710. The molecular weight excluding hydrogens is 180 g/mol. The summed E-state index contributed by atoms with van der Waals surface area (Å²) >= 11 is 5.07. The van der Waals surface area contributed by atoms with E-state index in [-0.39, 0.29) is 0 Å². The molecule has 1 aromatic rings. The first-order chi connectivity index (χ1) is 6.26. The van der Waals surface area contributed by atoms with Gasteiger partial charge in [0, 0.05) is 12.1 Å². The van der Waals surface area contributed by atoms with E-state index in [1.165, 1.54) is 18.5 Å². The molecule has 0 aliphatic heterocycles. The fourth-order valence-corrected chi connectivity index (χ4v) is 1.47. The molecule has 1 rings (SSSR count). The van der Waals surface area contributed by atoms with Crippen molar-refractivity contribution in [3.63, 3.8) is 0 Å². The second-order valence-corrected chi connectivity index (χ2v) is 3.57. The Balaban J connectivity index is 2.82. The van der Waals surface area contributed by atoms with Crippen LogP contribution < -0.4 is 0 Å². The van der Waals surface area contributed by atoms with E-state index in [1.807, 2.05) is 6.07 Å². The molecule has 0 radical (unpaired) electrons. The molecular formula is C10H16N2S. The van der Waals surface area contributed by atoms with E-state index in [4.69, 9.17) is 12.2 Å². The van der Waals surface area contributed by atoms with E-state index >= 15 is 0 Å². The summed E-state index contributed by atoms with van der Waals surface area (Å²) in [6.07, 6.45) is 4.36. The maximum absolute atomic E-state index is 5.07. The number of nitrogens with zero attached hydrogens (tertiary/aromatic N) is 1. The summed E-state index contributed by atoms with van der Waals surface area (Å²) in [4.78, 5) is 7.57. The average Bonchev–Trinajstić information content (AvgIpc) is 2.14. The van der Waals surface area contributed by atoms with E-state index < -0.39 is 0 Å². The van der Waals surface area contributed by atoms with Crippen LogP contribution in [0.4, 0.5) is 0 Å². The SMILES string of the molecule is CCCCc1nc(=S)cc(CC)[nH]1. The number of rotatable bonds is 4. The largest absolute Gasteiger partial charge is 0.347 e. The Labute approximate surface area is 84.4 Å². The van der Waals surface area contributed by atoms with Crippen molar-refractivity contribution in [2.75, 3.05) is 0 Å². The van der Waals surface area contributed by atoms with E-state index in [1.54, 1.807) is 0 Å². The highest BCUT2D eigenvalue weighted by Crippen LogP contribution is 2.02. The monoisotopic (exact) mass is 196 g/mol. The Bertz CT molecular complexity index is 317. The van der Waals surface area contributed by atoms with Gasteiger partial charge in [0.05, 0.1) is 0 Å². The van der Waals surface area contributed by atoms with Gasteiger partial charge >= 0.3 is 0 Å². The molecule has 0 bridgehead atoms. The Morgan fingerprint density at radius 3 is 2.85 bits per heavy atom. The van der Waals surface area contributed by atoms with Gasteiger partial charge in [0.1, 0.15) is 10.5 Å². The molecule has 0 aromatic carbocycles. The number of H-pyrrole nitrogens is 1. The molecule has 13 heavy (non-hydrogen) atoms. The lowest BCUT2D eigenvalue weighted by molar-refractivity contribution is 0.742. The highest BCUT2D eigenvalue weighted by molar-refractivity contribution is 7.71. The quantitative estimate of drug-likeness (QED) is 0.750. The third-order valence-corrected chi connectivity index (χ3v) is 2.20. The molecule has 72 valence electrons. The van der Waals surface area contributed by atoms with Crippen LogP contribution in [0.2, 0.25) is 0 Å². The molecule has 2 nitrogen and oxygen atoms in total. The molecule has 0 saturated heterocycles. The van der Waals surface area contributed by atoms with Crippen molar-refractivity contribution in [3.05, 3.63) is 22.2 Å². The van der Waals surface area contributed by atoms with Crippen molar-refractivity contribution in [2.24, 2.45) is 0 Å². The molecule has 1 aromatic heterocycles. The molecule has 1 heterocycles. The summed E-state index contributed by atoms with van der Waals surface area (Å²) in [5.41, 5.74) is 1.19. The van der Waals surface area contributed by atoms with Crippen LogP contribution in [0, 0.1) is 4.64 Å². The van der Waals surface area contributed by atoms with Crippen molar-refractivity contribution in [3.8, 4) is 0 Å². The lowest BCUT2D eigenvalue weighted by atomic mass is 10.2. The molecule has 0 aliphatic rings. The Morgan fingerprint density at radius 2 is 2.23 bits per heavy atom. The number of unbranched alkanes of at least 4 members (excludes halogenated alkanes) is 1. The number of aromatic nitrogens is 2. The predicted molar refractivity (Wildman–Crippen MR) is 57.4 cm³/mol. The minimum Gasteiger partial charge on any atom is -0.347 e. The van der Waals surface area contributed by atoms with Gasteiger partial charge in [-0.25, -0.2) is 4.98 Å². The van der Waals surface area contributed by atoms with Crippen molar-refractivity contribution in [2.45, 2.75) is 39.5 Å². The van der Waals surface area contributed by atoms with E-state index in [2.05, 4.69) is 23.8 Å². The van der Waals surface area contributed by atoms with Crippen LogP contribution in [0.1, 0.15) is 38.2 Å². The van der Waals surface area contributed by atoms with Gasteiger partial charge in [-0.05, 0) is 18.9 Å². The molecule has 0 saturated carbocycles. The summed E-state index contributed by atoms with van der Waals surface area (Å²) in [6, 6.07) is 1.94. The molecule has 1 N–H and O–H groups in total. The summed E-state index contributed by atoms with van der Waals surface area (Å²) in [6.45, 7) is 4.29. The van der Waals surface area contributed by atoms with Crippen LogP contribution in [0.25, 0.3) is 0 Å². The van der Waals surface area contributed by atoms with Gasteiger partial charge in [-0.15, -0.1) is 0 Å². The highest BCUT2D eigenvalue weighted by Gasteiger charge is 1.96. The summed E-state index contributed by atoms with van der Waals surface area (Å²) in [5, 5.41) is 0. The third-order valence-electron chi connectivity index (χ3n) is 2.00. The lowest BCUT2D eigenvalue weighted by Gasteiger charge is -2.02. The highest BCUT2D eigenvalue weighted by atomic mass is 32.1. The van der Waals surface area contributed by atoms with Crippen LogP contribution >= 0.6 is 12.2 Å². The van der Waals surface area contributed by atoms with Gasteiger partial charge in [0.2, 0.25) is 0 Å². The molecule has 0 fully saturated rings. The smallest absolute Gasteiger partial charge is 0.129 e. The van der Waals surface area contributed by atoms with Crippen molar-refractivity contribution < 1.29 is 0 Å². The topological polar surface area (TPSA) is 28.7 Å². The molecule has 3 heteroatoms. The zero-order valence-electron chi connectivity index (χ0n) is 8.26. The Kier molecular flexibility index (Phi) is 4.09. The molecule has 0 spiro atoms. The van der Waals surface area contributed by atoms with Crippen LogP contribution in [0.3, 0.4) is 0 Å². The van der Waals surface area contributed by atoms with Gasteiger partial charge in [0.25, 0.3) is 0 Å². The van der Waals surface area contributed by atoms with Crippen molar-refractivity contribution in [1.82, 2.24) is 9.97 Å². The number of aryl methyl sites for hydroxylation is 2. The van der Waals surface area contributed by atoms with Crippen LogP contribution in [-0.4, -0.2) is 9.97 Å². The van der Waals surface area contributed by atoms with Crippen molar-refractivity contribution >= 4 is 12.2 Å². The number of nitrogens with one attached hydrogen (secondary N) is 1. The maximum Gasteiger partial charge on any atom is 0.129 e. The summed E-state index contributed by atoms with van der Waals surface area (Å²) in [7, 11) is 0. The Morgan fingerprint density at radius 1 is 1.46 bits per heavy atom. The van der Waals surface area contributed by atoms with Gasteiger partial charge < -0.3 is 4.98 Å². The normalized spacial score (nSPS) is 10.3. The van der Waals surface area contributed by atoms with E-state index in [9.17, 15) is 0 Å². The van der Waals surface area contributed by atoms with Crippen LogP contribution in [0.5, 0.6) is 0 Å². The second-order valence-electron chi connectivity index (χ2n) is 3.15. The molecule has 0 amide bonds. The number of hydrogen-bond donors (Lipinski definition) is 1. The van der Waals surface area contributed by atoms with E-state index in [0.717, 1.165) is 18.7 Å². The van der Waals surface area contributed by atoms with E-state index in [0.29, 0.717) is 4.64 Å². The molecule has 0 atom stereocenters. The van der Waals surface area contributed by atoms with Gasteiger partial charge in [-0.2, -0.15) is 0 Å². The third kappa shape index (κ3) is 3.27. The zero-order chi connectivity index (χ0) is 9.68. The summed E-state index contributed by atoms with van der Waals surface area (Å²) in [5.74, 6) is 1.03. The van der Waals surface area contributed by atoms with Crippen LogP contribution in [0.15, 0.2) is 6.07 Å². The Hall–Kier alpha value is -0.700. The van der Waals surface area contributed by atoms with Gasteiger partial charge in [0.15, 0.2) is 0 Å². The number of aromatic amines is 1. The molecule has 0 unspecified atom stereocenters. The van der Waals surface area contributed by atoms with Crippen molar-refractivity contribution in [1.29, 1.82) is 0 Å². The second kappa shape index (κ2) is 5.12. The summed E-state index contributed by atoms with van der Waals surface area (Å²) < 4.78 is 0.710. The minimum absolute atomic E-state index is 0.710. The van der Waals surface area contributed by atoms with Gasteiger partial charge in [-0.3, -0.25) is 0 Å². The first kappa shape index (κ1) is 10.4. The fraction of sp³-hybridized carbons (Fsp3) is 0.600. The molecule has 0 aliphatic carbocycles. The maximum atomic E-state index is 5.07. The first-order valence-electron chi connectivity index (χ1n) is 4.85. The number of hydrogen-bond acceptors (Lipinski definition) is 2. The first-order valence-corrected chi connectivity index (χ1v) is 5.26. The predicted octanol–water partition coefficient (Wildman–Crippen LogP) is 3.04. The zero-order valence-corrected chi connectivity index (χ0v) is 9.08. The fourth-order valence-electron chi connectivity index (χ4n) is 1.22. The lowest BCUT2D eigenvalue weighted by Crippen LogP contribution is -1.98. The standard InChI is InChI=1S/C10H16N2S/c1-3-5-6-9-11-8(4-2)7-10(13)12-9/h7H,3-6H2,1-2H3,(H,11,12,13). The van der Waals surface area contributed by atoms with Crippen LogP contribution in [-0.2, 0) is 12.8 Å². The average molecular weight is 196 g/mol. The van der Waals surface area contributed by atoms with Gasteiger partial charge in [-0.1, -0.05) is 32.5 Å².